The maximum absolute atomic E-state index is 13.7. The maximum atomic E-state index is 13.7. The second-order valence-electron chi connectivity index (χ2n) is 3.88. The van der Waals surface area contributed by atoms with Crippen molar-refractivity contribution < 1.29 is 9.50 Å². The second kappa shape index (κ2) is 5.87. The van der Waals surface area contributed by atoms with Crippen molar-refractivity contribution in [3.05, 3.63) is 58.3 Å². The van der Waals surface area contributed by atoms with E-state index in [1.54, 1.807) is 13.0 Å². The quantitative estimate of drug-likeness (QED) is 0.874. The lowest BCUT2D eigenvalue weighted by molar-refractivity contribution is 0.191. The van der Waals surface area contributed by atoms with Crippen molar-refractivity contribution in [2.45, 2.75) is 22.8 Å². The first-order valence-electron chi connectivity index (χ1n) is 5.48. The zero-order chi connectivity index (χ0) is 13.1. The van der Waals surface area contributed by atoms with Crippen LogP contribution < -0.4 is 0 Å². The predicted octanol–water partition coefficient (Wildman–Crippen LogP) is 4.79. The van der Waals surface area contributed by atoms with Gasteiger partial charge in [-0.2, -0.15) is 0 Å². The number of hydrogen-bond donors (Lipinski definition) is 1. The summed E-state index contributed by atoms with van der Waals surface area (Å²) in [6.07, 6.45) is -0.816. The molecule has 2 aromatic carbocycles. The fourth-order valence-electron chi connectivity index (χ4n) is 1.64. The van der Waals surface area contributed by atoms with Crippen LogP contribution >= 0.6 is 27.7 Å². The van der Waals surface area contributed by atoms with Gasteiger partial charge in [-0.1, -0.05) is 33.8 Å². The fraction of sp³-hybridized carbons (Fsp3) is 0.143. The smallest absolute Gasteiger partial charge is 0.130 e. The lowest BCUT2D eigenvalue weighted by Gasteiger charge is -2.12. The number of rotatable bonds is 3. The molecule has 0 amide bonds. The second-order valence-corrected chi connectivity index (χ2v) is 5.91. The van der Waals surface area contributed by atoms with Gasteiger partial charge >= 0.3 is 0 Å². The third-order valence-electron chi connectivity index (χ3n) is 2.47. The Labute approximate surface area is 118 Å². The molecule has 0 aliphatic heterocycles. The van der Waals surface area contributed by atoms with E-state index in [0.717, 1.165) is 14.3 Å². The summed E-state index contributed by atoms with van der Waals surface area (Å²) in [6, 6.07) is 12.6. The molecule has 1 atom stereocenters. The van der Waals surface area contributed by atoms with E-state index in [1.165, 1.54) is 17.8 Å². The number of aliphatic hydroxyl groups is 1. The minimum atomic E-state index is -0.816. The van der Waals surface area contributed by atoms with Gasteiger partial charge in [-0.15, -0.1) is 0 Å². The Morgan fingerprint density at radius 2 is 1.83 bits per heavy atom. The van der Waals surface area contributed by atoms with E-state index in [0.29, 0.717) is 5.56 Å². The van der Waals surface area contributed by atoms with Crippen LogP contribution in [0.2, 0.25) is 0 Å². The molecular formula is C14H12BrFOS. The van der Waals surface area contributed by atoms with E-state index in [-0.39, 0.29) is 5.82 Å². The lowest BCUT2D eigenvalue weighted by atomic mass is 10.1. The van der Waals surface area contributed by atoms with Crippen LogP contribution in [0.4, 0.5) is 4.39 Å². The van der Waals surface area contributed by atoms with E-state index in [1.807, 2.05) is 30.3 Å². The van der Waals surface area contributed by atoms with E-state index >= 15 is 0 Å². The molecule has 18 heavy (non-hydrogen) atoms. The normalized spacial score (nSPS) is 12.4. The van der Waals surface area contributed by atoms with Gasteiger partial charge in [0.2, 0.25) is 0 Å². The molecule has 1 N–H and O–H groups in total. The summed E-state index contributed by atoms with van der Waals surface area (Å²) in [7, 11) is 0. The summed E-state index contributed by atoms with van der Waals surface area (Å²) < 4.78 is 14.7. The van der Waals surface area contributed by atoms with Gasteiger partial charge in [0.1, 0.15) is 5.82 Å². The topological polar surface area (TPSA) is 20.2 Å². The minimum Gasteiger partial charge on any atom is -0.389 e. The number of aliphatic hydroxyl groups excluding tert-OH is 1. The van der Waals surface area contributed by atoms with Crippen LogP contribution in [0.15, 0.2) is 56.7 Å². The highest BCUT2D eigenvalue weighted by atomic mass is 79.9. The van der Waals surface area contributed by atoms with Crippen molar-refractivity contribution in [3.8, 4) is 0 Å². The molecule has 94 valence electrons. The van der Waals surface area contributed by atoms with Crippen molar-refractivity contribution in [1.82, 2.24) is 0 Å². The van der Waals surface area contributed by atoms with Gasteiger partial charge in [-0.05, 0) is 43.3 Å². The Bertz CT molecular complexity index is 540. The molecular weight excluding hydrogens is 315 g/mol. The minimum absolute atomic E-state index is 0.352. The molecule has 0 heterocycles. The van der Waals surface area contributed by atoms with Crippen molar-refractivity contribution in [3.63, 3.8) is 0 Å². The monoisotopic (exact) mass is 326 g/mol. The number of halogens is 2. The highest BCUT2D eigenvalue weighted by molar-refractivity contribution is 9.10. The van der Waals surface area contributed by atoms with Crippen molar-refractivity contribution in [2.24, 2.45) is 0 Å². The molecule has 0 aliphatic rings. The van der Waals surface area contributed by atoms with Gasteiger partial charge in [0.05, 0.1) is 6.10 Å². The summed E-state index contributed by atoms with van der Waals surface area (Å²) in [6.45, 7) is 1.57. The number of benzene rings is 2. The molecule has 0 radical (unpaired) electrons. The van der Waals surface area contributed by atoms with E-state index in [2.05, 4.69) is 15.9 Å². The molecule has 0 saturated heterocycles. The molecule has 0 fully saturated rings. The van der Waals surface area contributed by atoms with Crippen LogP contribution in [0.3, 0.4) is 0 Å². The first-order valence-corrected chi connectivity index (χ1v) is 7.09. The summed E-state index contributed by atoms with van der Waals surface area (Å²) in [5.74, 6) is -0.368. The van der Waals surface area contributed by atoms with Crippen LogP contribution in [0.5, 0.6) is 0 Å². The molecule has 0 bridgehead atoms. The van der Waals surface area contributed by atoms with Gasteiger partial charge in [0.25, 0.3) is 0 Å². The van der Waals surface area contributed by atoms with Crippen molar-refractivity contribution in [2.75, 3.05) is 0 Å². The van der Waals surface area contributed by atoms with Crippen LogP contribution in [-0.2, 0) is 0 Å². The highest BCUT2D eigenvalue weighted by Gasteiger charge is 2.14. The predicted molar refractivity (Wildman–Crippen MR) is 75.3 cm³/mol. The molecule has 0 unspecified atom stereocenters. The first-order chi connectivity index (χ1) is 8.58. The zero-order valence-electron chi connectivity index (χ0n) is 9.73. The molecule has 2 aromatic rings. The molecule has 0 saturated carbocycles. The molecule has 4 heteroatoms. The fourth-order valence-corrected chi connectivity index (χ4v) is 2.96. The maximum Gasteiger partial charge on any atom is 0.130 e. The SMILES string of the molecule is C[C@@H](O)c1c(F)cccc1Sc1ccc(Br)cc1. The molecule has 0 spiro atoms. The van der Waals surface area contributed by atoms with Crippen molar-refractivity contribution >= 4 is 27.7 Å². The Morgan fingerprint density at radius 1 is 1.17 bits per heavy atom. The van der Waals surface area contributed by atoms with Gasteiger partial charge < -0.3 is 5.11 Å². The average molecular weight is 327 g/mol. The molecule has 0 aliphatic carbocycles. The highest BCUT2D eigenvalue weighted by Crippen LogP contribution is 2.35. The Balaban J connectivity index is 2.34. The Morgan fingerprint density at radius 3 is 2.44 bits per heavy atom. The van der Waals surface area contributed by atoms with Crippen molar-refractivity contribution in [1.29, 1.82) is 0 Å². The summed E-state index contributed by atoms with van der Waals surface area (Å²) >= 11 is 4.82. The summed E-state index contributed by atoms with van der Waals surface area (Å²) in [5.41, 5.74) is 0.352. The van der Waals surface area contributed by atoms with Gasteiger partial charge in [0.15, 0.2) is 0 Å². The van der Waals surface area contributed by atoms with Gasteiger partial charge in [0, 0.05) is 19.8 Å². The van der Waals surface area contributed by atoms with Crippen LogP contribution in [0, 0.1) is 5.82 Å². The van der Waals surface area contributed by atoms with Crippen LogP contribution in [0.1, 0.15) is 18.6 Å². The van der Waals surface area contributed by atoms with E-state index < -0.39 is 6.10 Å². The average Bonchev–Trinajstić information content (AvgIpc) is 2.32. The Kier molecular flexibility index (Phi) is 4.43. The molecule has 0 aromatic heterocycles. The summed E-state index contributed by atoms with van der Waals surface area (Å²) in [4.78, 5) is 1.75. The van der Waals surface area contributed by atoms with Gasteiger partial charge in [-0.3, -0.25) is 0 Å². The third-order valence-corrected chi connectivity index (χ3v) is 4.08. The lowest BCUT2D eigenvalue weighted by Crippen LogP contribution is -1.98. The van der Waals surface area contributed by atoms with E-state index in [9.17, 15) is 9.50 Å². The van der Waals surface area contributed by atoms with Gasteiger partial charge in [-0.25, -0.2) is 4.39 Å². The third kappa shape index (κ3) is 3.13. The molecule has 2 rings (SSSR count). The zero-order valence-corrected chi connectivity index (χ0v) is 12.1. The first kappa shape index (κ1) is 13.6. The largest absolute Gasteiger partial charge is 0.389 e. The van der Waals surface area contributed by atoms with E-state index in [4.69, 9.17) is 0 Å². The Hall–Kier alpha value is -0.840. The van der Waals surface area contributed by atoms with Crippen LogP contribution in [-0.4, -0.2) is 5.11 Å². The standard InChI is InChI=1S/C14H12BrFOS/c1-9(17)14-12(16)3-2-4-13(14)18-11-7-5-10(15)6-8-11/h2-9,17H,1H3/t9-/m1/s1. The number of hydrogen-bond acceptors (Lipinski definition) is 2. The molecule has 1 nitrogen and oxygen atoms in total. The summed E-state index contributed by atoms with van der Waals surface area (Å²) in [5, 5.41) is 9.65. The van der Waals surface area contributed by atoms with Crippen LogP contribution in [0.25, 0.3) is 0 Å².